The summed E-state index contributed by atoms with van der Waals surface area (Å²) in [4.78, 5) is 32.8. The van der Waals surface area contributed by atoms with E-state index in [-0.39, 0.29) is 36.4 Å². The molecule has 1 saturated heterocycles. The molecule has 28 heavy (non-hydrogen) atoms. The van der Waals surface area contributed by atoms with Gasteiger partial charge in [0, 0.05) is 38.1 Å². The van der Waals surface area contributed by atoms with Crippen molar-refractivity contribution >= 4 is 17.8 Å². The smallest absolute Gasteiger partial charge is 0.236 e. The van der Waals surface area contributed by atoms with Crippen molar-refractivity contribution in [2.75, 3.05) is 26.2 Å². The van der Waals surface area contributed by atoms with Crippen LogP contribution in [-0.4, -0.2) is 65.8 Å². The van der Waals surface area contributed by atoms with E-state index in [0.29, 0.717) is 32.5 Å². The zero-order chi connectivity index (χ0) is 20.5. The maximum atomic E-state index is 12.8. The summed E-state index contributed by atoms with van der Waals surface area (Å²) in [6, 6.07) is 9.88. The first-order valence-electron chi connectivity index (χ1n) is 9.80. The Hall–Kier alpha value is -2.61. The monoisotopic (exact) mass is 388 g/mol. The van der Waals surface area contributed by atoms with Crippen LogP contribution in [0.4, 0.5) is 0 Å². The number of hydrogen-bond donors (Lipinski definition) is 3. The third kappa shape index (κ3) is 6.23. The minimum atomic E-state index is -0.0879. The van der Waals surface area contributed by atoms with E-state index >= 15 is 0 Å². The molecular weight excluding hydrogens is 356 g/mol. The lowest BCUT2D eigenvalue weighted by atomic mass is 10.0. The Morgan fingerprint density at radius 3 is 2.46 bits per heavy atom. The van der Waals surface area contributed by atoms with Gasteiger partial charge in [0.05, 0.1) is 6.54 Å². The lowest BCUT2D eigenvalue weighted by Gasteiger charge is -2.45. The molecule has 8 heteroatoms. The van der Waals surface area contributed by atoms with Crippen molar-refractivity contribution in [2.45, 2.75) is 44.7 Å². The van der Waals surface area contributed by atoms with Crippen molar-refractivity contribution in [2.24, 2.45) is 22.2 Å². The van der Waals surface area contributed by atoms with Crippen LogP contribution in [0.25, 0.3) is 0 Å². The van der Waals surface area contributed by atoms with Crippen LogP contribution in [0.3, 0.4) is 0 Å². The second-order valence-corrected chi connectivity index (χ2v) is 7.23. The first kappa shape index (κ1) is 21.7. The Bertz CT molecular complexity index is 675. The average Bonchev–Trinajstić information content (AvgIpc) is 2.70. The van der Waals surface area contributed by atoms with E-state index < -0.39 is 0 Å². The van der Waals surface area contributed by atoms with Gasteiger partial charge in [0.2, 0.25) is 11.8 Å². The van der Waals surface area contributed by atoms with E-state index in [2.05, 4.69) is 4.99 Å². The highest BCUT2D eigenvalue weighted by Gasteiger charge is 2.35. The largest absolute Gasteiger partial charge is 0.370 e. The van der Waals surface area contributed by atoms with Gasteiger partial charge in [-0.15, -0.1) is 0 Å². The fourth-order valence-corrected chi connectivity index (χ4v) is 3.63. The van der Waals surface area contributed by atoms with E-state index in [1.54, 1.807) is 4.90 Å². The SMILES string of the molecule is C[C@@H]1CN(C(=O)CN)[C@@H](CCCN=C(N)N)CN1C(=O)CCc1ccccc1. The maximum Gasteiger partial charge on any atom is 0.236 e. The van der Waals surface area contributed by atoms with Crippen LogP contribution in [0.5, 0.6) is 0 Å². The van der Waals surface area contributed by atoms with E-state index in [4.69, 9.17) is 17.2 Å². The molecule has 2 atom stereocenters. The average molecular weight is 389 g/mol. The summed E-state index contributed by atoms with van der Waals surface area (Å²) in [5.74, 6) is 0.0883. The van der Waals surface area contributed by atoms with Crippen LogP contribution in [0.15, 0.2) is 35.3 Å². The summed E-state index contributed by atoms with van der Waals surface area (Å²) < 4.78 is 0. The third-order valence-corrected chi connectivity index (χ3v) is 5.12. The Balaban J connectivity index is 1.99. The van der Waals surface area contributed by atoms with Crippen molar-refractivity contribution < 1.29 is 9.59 Å². The first-order valence-corrected chi connectivity index (χ1v) is 9.80. The van der Waals surface area contributed by atoms with Gasteiger partial charge in [-0.2, -0.15) is 0 Å². The molecule has 2 rings (SSSR count). The lowest BCUT2D eigenvalue weighted by molar-refractivity contribution is -0.145. The van der Waals surface area contributed by atoms with Gasteiger partial charge in [0.15, 0.2) is 5.96 Å². The molecule has 0 unspecified atom stereocenters. The molecule has 154 valence electrons. The molecule has 1 fully saturated rings. The molecule has 1 aliphatic heterocycles. The number of nitrogens with zero attached hydrogens (tertiary/aromatic N) is 3. The molecular formula is C20H32N6O2. The van der Waals surface area contributed by atoms with E-state index in [0.717, 1.165) is 18.4 Å². The zero-order valence-corrected chi connectivity index (χ0v) is 16.6. The van der Waals surface area contributed by atoms with Crippen molar-refractivity contribution in [3.63, 3.8) is 0 Å². The highest BCUT2D eigenvalue weighted by atomic mass is 16.2. The number of piperazine rings is 1. The third-order valence-electron chi connectivity index (χ3n) is 5.12. The fourth-order valence-electron chi connectivity index (χ4n) is 3.63. The highest BCUT2D eigenvalue weighted by molar-refractivity contribution is 5.80. The molecule has 1 heterocycles. The standard InChI is InChI=1S/C20H32N6O2/c1-15-13-26(19(28)12-21)17(8-5-11-24-20(22)23)14-25(15)18(27)10-9-16-6-3-2-4-7-16/h2-4,6-7,15,17H,5,8-14,21H2,1H3,(H4,22,23,24)/t15-,17+/m1/s1. The number of guanidine groups is 1. The number of carbonyl (C=O) groups is 2. The molecule has 0 spiro atoms. The molecule has 6 N–H and O–H groups in total. The molecule has 1 aromatic rings. The molecule has 0 bridgehead atoms. The van der Waals surface area contributed by atoms with Crippen molar-refractivity contribution in [1.29, 1.82) is 0 Å². The number of carbonyl (C=O) groups excluding carboxylic acids is 2. The minimum absolute atomic E-state index is 0.0287. The number of amides is 2. The van der Waals surface area contributed by atoms with Gasteiger partial charge in [0.1, 0.15) is 0 Å². The van der Waals surface area contributed by atoms with Gasteiger partial charge in [-0.1, -0.05) is 30.3 Å². The van der Waals surface area contributed by atoms with E-state index in [1.807, 2.05) is 42.2 Å². The van der Waals surface area contributed by atoms with Gasteiger partial charge in [-0.05, 0) is 31.7 Å². The van der Waals surface area contributed by atoms with Gasteiger partial charge in [0.25, 0.3) is 0 Å². The number of aliphatic imine (C=N–C) groups is 1. The highest BCUT2D eigenvalue weighted by Crippen LogP contribution is 2.20. The molecule has 0 saturated carbocycles. The molecule has 0 aromatic heterocycles. The Kier molecular flexibility index (Phi) is 8.25. The van der Waals surface area contributed by atoms with Gasteiger partial charge in [-0.25, -0.2) is 0 Å². The number of nitrogens with two attached hydrogens (primary N) is 3. The van der Waals surface area contributed by atoms with Crippen molar-refractivity contribution in [1.82, 2.24) is 9.80 Å². The van der Waals surface area contributed by atoms with Crippen molar-refractivity contribution in [3.8, 4) is 0 Å². The van der Waals surface area contributed by atoms with Crippen molar-refractivity contribution in [3.05, 3.63) is 35.9 Å². The summed E-state index contributed by atoms with van der Waals surface area (Å²) in [7, 11) is 0. The Labute approximate surface area is 166 Å². The number of hydrogen-bond acceptors (Lipinski definition) is 4. The molecule has 1 aliphatic rings. The summed E-state index contributed by atoms with van der Waals surface area (Å²) >= 11 is 0. The zero-order valence-electron chi connectivity index (χ0n) is 16.6. The number of rotatable bonds is 8. The molecule has 8 nitrogen and oxygen atoms in total. The summed E-state index contributed by atoms with van der Waals surface area (Å²) in [5, 5.41) is 0. The second kappa shape index (κ2) is 10.7. The predicted octanol–water partition coefficient (Wildman–Crippen LogP) is 0.0594. The van der Waals surface area contributed by atoms with Crippen LogP contribution in [0, 0.1) is 0 Å². The number of aryl methyl sites for hydroxylation is 1. The van der Waals surface area contributed by atoms with Crippen LogP contribution in [0.1, 0.15) is 31.7 Å². The number of benzene rings is 1. The van der Waals surface area contributed by atoms with Crippen LogP contribution in [0.2, 0.25) is 0 Å². The van der Waals surface area contributed by atoms with Gasteiger partial charge >= 0.3 is 0 Å². The fraction of sp³-hybridized carbons (Fsp3) is 0.550. The molecule has 2 amide bonds. The van der Waals surface area contributed by atoms with Gasteiger partial charge in [-0.3, -0.25) is 14.6 Å². The Morgan fingerprint density at radius 2 is 1.82 bits per heavy atom. The predicted molar refractivity (Wildman–Crippen MR) is 110 cm³/mol. The first-order chi connectivity index (χ1) is 13.4. The minimum Gasteiger partial charge on any atom is -0.370 e. The molecule has 0 radical (unpaired) electrons. The van der Waals surface area contributed by atoms with E-state index in [9.17, 15) is 9.59 Å². The maximum absolute atomic E-state index is 12.8. The summed E-state index contributed by atoms with van der Waals surface area (Å²) in [6.45, 7) is 3.47. The quantitative estimate of drug-likeness (QED) is 0.329. The molecule has 0 aliphatic carbocycles. The normalized spacial score (nSPS) is 19.4. The second-order valence-electron chi connectivity index (χ2n) is 7.23. The molecule has 1 aromatic carbocycles. The van der Waals surface area contributed by atoms with Crippen LogP contribution in [-0.2, 0) is 16.0 Å². The lowest BCUT2D eigenvalue weighted by Crippen LogP contribution is -2.61. The van der Waals surface area contributed by atoms with Crippen LogP contribution < -0.4 is 17.2 Å². The van der Waals surface area contributed by atoms with Gasteiger partial charge < -0.3 is 27.0 Å². The summed E-state index contributed by atoms with van der Waals surface area (Å²) in [5.41, 5.74) is 17.5. The van der Waals surface area contributed by atoms with E-state index in [1.165, 1.54) is 0 Å². The Morgan fingerprint density at radius 1 is 1.11 bits per heavy atom. The summed E-state index contributed by atoms with van der Waals surface area (Å²) in [6.07, 6.45) is 2.62. The topological polar surface area (TPSA) is 131 Å². The van der Waals surface area contributed by atoms with Crippen LogP contribution >= 0.6 is 0 Å².